The van der Waals surface area contributed by atoms with Crippen LogP contribution in [0, 0.1) is 10.7 Å². The van der Waals surface area contributed by atoms with E-state index in [2.05, 4.69) is 5.22 Å². The Morgan fingerprint density at radius 3 is 2.12 bits per heavy atom. The summed E-state index contributed by atoms with van der Waals surface area (Å²) in [7, 11) is 0. The molecule has 0 rings (SSSR count). The molecule has 0 amide bonds. The maximum atomic E-state index is 10.2. The van der Waals surface area contributed by atoms with E-state index in [-0.39, 0.29) is 0 Å². The zero-order valence-electron chi connectivity index (χ0n) is 4.80. The summed E-state index contributed by atoms with van der Waals surface area (Å²) in [6.45, 7) is 2.57. The molecule has 0 aliphatic rings. The van der Waals surface area contributed by atoms with Crippen molar-refractivity contribution < 1.29 is 10.3 Å². The fourth-order valence-corrected chi connectivity index (χ4v) is 0.137. The summed E-state index contributed by atoms with van der Waals surface area (Å²) in [5.41, 5.74) is 4.70. The van der Waals surface area contributed by atoms with Gasteiger partial charge < -0.3 is 10.3 Å². The van der Waals surface area contributed by atoms with E-state index in [4.69, 9.17) is 10.6 Å². The van der Waals surface area contributed by atoms with Crippen LogP contribution in [-0.2, 0) is 0 Å². The van der Waals surface area contributed by atoms with E-state index >= 15 is 0 Å². The SMILES string of the molecule is CC(C)(O)[NH+]([O-])N=N. The Morgan fingerprint density at radius 2 is 2.12 bits per heavy atom. The average molecular weight is 119 g/mol. The molecular formula is C3H9N3O2. The first-order valence-corrected chi connectivity index (χ1v) is 2.12. The molecule has 0 fully saturated rings. The van der Waals surface area contributed by atoms with Crippen molar-refractivity contribution >= 4 is 0 Å². The lowest BCUT2D eigenvalue weighted by atomic mass is 10.3. The predicted molar refractivity (Wildman–Crippen MR) is 25.8 cm³/mol. The molecule has 0 saturated carbocycles. The molecule has 0 aromatic heterocycles. The molecule has 0 radical (unpaired) electrons. The summed E-state index contributed by atoms with van der Waals surface area (Å²) in [5, 5.41) is 20.7. The van der Waals surface area contributed by atoms with Crippen molar-refractivity contribution in [1.29, 1.82) is 5.53 Å². The van der Waals surface area contributed by atoms with Crippen LogP contribution in [0.15, 0.2) is 5.22 Å². The highest BCUT2D eigenvalue weighted by Crippen LogP contribution is 1.84. The van der Waals surface area contributed by atoms with Crippen LogP contribution in [0.3, 0.4) is 0 Å². The van der Waals surface area contributed by atoms with E-state index in [1.807, 2.05) is 0 Å². The molecule has 0 aliphatic heterocycles. The van der Waals surface area contributed by atoms with Crippen LogP contribution in [0.4, 0.5) is 0 Å². The van der Waals surface area contributed by atoms with Crippen molar-refractivity contribution in [3.05, 3.63) is 5.21 Å². The summed E-state index contributed by atoms with van der Waals surface area (Å²) in [6, 6.07) is 0. The zero-order chi connectivity index (χ0) is 6.78. The summed E-state index contributed by atoms with van der Waals surface area (Å²) < 4.78 is 0. The molecule has 1 atom stereocenters. The van der Waals surface area contributed by atoms with Crippen LogP contribution in [0.1, 0.15) is 13.8 Å². The highest BCUT2D eigenvalue weighted by Gasteiger charge is 2.19. The normalized spacial score (nSPS) is 15.5. The van der Waals surface area contributed by atoms with Gasteiger partial charge in [-0.1, -0.05) is 0 Å². The zero-order valence-corrected chi connectivity index (χ0v) is 4.80. The molecule has 1 unspecified atom stereocenters. The Labute approximate surface area is 47.0 Å². The number of hydrogen-bond acceptors (Lipinski definition) is 4. The van der Waals surface area contributed by atoms with Gasteiger partial charge in [-0.25, -0.2) is 0 Å². The smallest absolute Gasteiger partial charge is 0.218 e. The first kappa shape index (κ1) is 7.48. The Morgan fingerprint density at radius 1 is 1.75 bits per heavy atom. The Bertz CT molecular complexity index is 87.0. The second-order valence-electron chi connectivity index (χ2n) is 1.98. The lowest BCUT2D eigenvalue weighted by Gasteiger charge is -2.24. The number of rotatable bonds is 2. The minimum atomic E-state index is -1.48. The highest BCUT2D eigenvalue weighted by atomic mass is 16.6. The van der Waals surface area contributed by atoms with E-state index < -0.39 is 10.9 Å². The third-order valence-corrected chi connectivity index (χ3v) is 0.625. The summed E-state index contributed by atoms with van der Waals surface area (Å²) in [4.78, 5) is 0. The molecule has 0 aromatic carbocycles. The maximum Gasteiger partial charge on any atom is 0.218 e. The van der Waals surface area contributed by atoms with Crippen molar-refractivity contribution in [3.63, 3.8) is 0 Å². The van der Waals surface area contributed by atoms with Crippen molar-refractivity contribution in [3.8, 4) is 0 Å². The van der Waals surface area contributed by atoms with Gasteiger partial charge >= 0.3 is 0 Å². The van der Waals surface area contributed by atoms with E-state index in [9.17, 15) is 5.21 Å². The minimum Gasteiger partial charge on any atom is -0.603 e. The topological polar surface area (TPSA) is 83.9 Å². The van der Waals surface area contributed by atoms with E-state index in [0.29, 0.717) is 0 Å². The molecule has 0 bridgehead atoms. The minimum absolute atomic E-state index is 0.822. The third kappa shape index (κ3) is 1.97. The third-order valence-electron chi connectivity index (χ3n) is 0.625. The van der Waals surface area contributed by atoms with E-state index in [1.54, 1.807) is 0 Å². The van der Waals surface area contributed by atoms with Crippen molar-refractivity contribution in [2.75, 3.05) is 0 Å². The van der Waals surface area contributed by atoms with Gasteiger partial charge in [0.15, 0.2) is 0 Å². The average Bonchev–Trinajstić information content (AvgIpc) is 1.62. The maximum absolute atomic E-state index is 10.2. The molecule has 0 aliphatic carbocycles. The number of quaternary nitrogens is 1. The van der Waals surface area contributed by atoms with Crippen LogP contribution in [-0.4, -0.2) is 10.8 Å². The first-order chi connectivity index (χ1) is 3.48. The standard InChI is InChI=1S/C3H9N3O2/c1-3(2,7)6(8)5-4/h4,6-7H,1-2H3. The molecule has 3 N–H and O–H groups in total. The molecule has 5 nitrogen and oxygen atoms in total. The molecule has 0 saturated heterocycles. The lowest BCUT2D eigenvalue weighted by molar-refractivity contribution is -0.941. The summed E-state index contributed by atoms with van der Waals surface area (Å²) in [5.74, 6) is 0. The molecule has 0 aromatic rings. The van der Waals surface area contributed by atoms with Crippen LogP contribution in [0.5, 0.6) is 0 Å². The van der Waals surface area contributed by atoms with Gasteiger partial charge in [0.1, 0.15) is 0 Å². The second kappa shape index (κ2) is 2.17. The molecule has 48 valence electrons. The number of nitrogens with one attached hydrogen (secondary N) is 2. The summed E-state index contributed by atoms with van der Waals surface area (Å²) in [6.07, 6.45) is 0. The monoisotopic (exact) mass is 119 g/mol. The van der Waals surface area contributed by atoms with Gasteiger partial charge in [-0.05, 0) is 0 Å². The fraction of sp³-hybridized carbons (Fsp3) is 1.00. The molecule has 8 heavy (non-hydrogen) atoms. The summed E-state index contributed by atoms with van der Waals surface area (Å²) >= 11 is 0. The molecule has 0 spiro atoms. The number of hydrogen-bond donors (Lipinski definition) is 3. The van der Waals surface area contributed by atoms with Gasteiger partial charge in [-0.15, -0.1) is 0 Å². The van der Waals surface area contributed by atoms with Crippen LogP contribution >= 0.6 is 0 Å². The Kier molecular flexibility index (Phi) is 2.02. The Hall–Kier alpha value is -0.520. The predicted octanol–water partition coefficient (Wildman–Crippen LogP) is -0.957. The molecule has 5 heteroatoms. The van der Waals surface area contributed by atoms with Gasteiger partial charge in [0.25, 0.3) is 0 Å². The number of aliphatic hydroxyl groups is 1. The molecular weight excluding hydrogens is 110 g/mol. The van der Waals surface area contributed by atoms with Crippen molar-refractivity contribution in [2.45, 2.75) is 19.6 Å². The fourth-order valence-electron chi connectivity index (χ4n) is 0.137. The first-order valence-electron chi connectivity index (χ1n) is 2.12. The Balaban J connectivity index is 3.80. The number of hydroxylamine groups is 1. The molecule has 0 heterocycles. The van der Waals surface area contributed by atoms with E-state index in [1.165, 1.54) is 13.8 Å². The quantitative estimate of drug-likeness (QED) is 0.248. The second-order valence-corrected chi connectivity index (χ2v) is 1.98. The van der Waals surface area contributed by atoms with Gasteiger partial charge in [-0.2, -0.15) is 10.7 Å². The van der Waals surface area contributed by atoms with Gasteiger partial charge in [0.2, 0.25) is 5.72 Å². The van der Waals surface area contributed by atoms with Gasteiger partial charge in [0, 0.05) is 19.1 Å². The van der Waals surface area contributed by atoms with E-state index in [0.717, 1.165) is 0 Å². The van der Waals surface area contributed by atoms with Crippen LogP contribution in [0.25, 0.3) is 0 Å². The highest BCUT2D eigenvalue weighted by molar-refractivity contribution is 4.41. The lowest BCUT2D eigenvalue weighted by Crippen LogP contribution is -3.10. The van der Waals surface area contributed by atoms with Crippen molar-refractivity contribution in [2.24, 2.45) is 5.22 Å². The van der Waals surface area contributed by atoms with Gasteiger partial charge in [-0.3, -0.25) is 0 Å². The number of nitrogens with zero attached hydrogens (tertiary/aromatic N) is 1. The van der Waals surface area contributed by atoms with Gasteiger partial charge in [0.05, 0.1) is 0 Å². The largest absolute Gasteiger partial charge is 0.603 e. The van der Waals surface area contributed by atoms with Crippen molar-refractivity contribution in [1.82, 2.24) is 0 Å². The van der Waals surface area contributed by atoms with Crippen LogP contribution < -0.4 is 5.17 Å². The van der Waals surface area contributed by atoms with Crippen LogP contribution in [0.2, 0.25) is 0 Å².